The summed E-state index contributed by atoms with van der Waals surface area (Å²) in [5, 5.41) is 10.8. The molecule has 0 saturated carbocycles. The number of pyridine rings is 1. The summed E-state index contributed by atoms with van der Waals surface area (Å²) in [7, 11) is 0. The lowest BCUT2D eigenvalue weighted by Crippen LogP contribution is -2.17. The van der Waals surface area contributed by atoms with E-state index in [1.165, 1.54) is 0 Å². The molecule has 3 rings (SSSR count). The predicted molar refractivity (Wildman–Crippen MR) is 94.5 cm³/mol. The monoisotopic (exact) mass is 335 g/mol. The Morgan fingerprint density at radius 3 is 2.72 bits per heavy atom. The third-order valence-electron chi connectivity index (χ3n) is 3.37. The largest absolute Gasteiger partial charge is 0.494 e. The van der Waals surface area contributed by atoms with Crippen LogP contribution in [0.25, 0.3) is 11.3 Å². The number of nitrogens with one attached hydrogen (secondary N) is 2. The Labute approximate surface area is 144 Å². The number of hydrogen-bond acceptors (Lipinski definition) is 5. The van der Waals surface area contributed by atoms with Crippen LogP contribution in [0.1, 0.15) is 23.0 Å². The van der Waals surface area contributed by atoms with Crippen LogP contribution in [-0.2, 0) is 0 Å². The van der Waals surface area contributed by atoms with E-state index in [4.69, 9.17) is 4.74 Å². The molecule has 2 N–H and O–H groups in total. The van der Waals surface area contributed by atoms with Gasteiger partial charge < -0.3 is 4.74 Å². The molecule has 0 aliphatic carbocycles. The van der Waals surface area contributed by atoms with Gasteiger partial charge in [0, 0.05) is 18.0 Å². The minimum Gasteiger partial charge on any atom is -0.494 e. The molecular weight excluding hydrogens is 318 g/mol. The summed E-state index contributed by atoms with van der Waals surface area (Å²) in [6.07, 6.45) is 4.85. The minimum absolute atomic E-state index is 0.329. The molecule has 0 bridgehead atoms. The topological polar surface area (TPSA) is 92.3 Å². The van der Waals surface area contributed by atoms with E-state index in [1.54, 1.807) is 36.8 Å². The van der Waals surface area contributed by atoms with Crippen molar-refractivity contribution in [1.29, 1.82) is 0 Å². The van der Waals surface area contributed by atoms with Gasteiger partial charge in [-0.25, -0.2) is 5.43 Å². The molecule has 126 valence electrons. The predicted octanol–water partition coefficient (Wildman–Crippen LogP) is 2.63. The lowest BCUT2D eigenvalue weighted by atomic mass is 10.1. The Morgan fingerprint density at radius 2 is 2.00 bits per heavy atom. The number of hydrogen-bond donors (Lipinski definition) is 2. The van der Waals surface area contributed by atoms with Crippen molar-refractivity contribution < 1.29 is 9.53 Å². The lowest BCUT2D eigenvalue weighted by Gasteiger charge is -2.02. The van der Waals surface area contributed by atoms with Crippen molar-refractivity contribution in [3.05, 3.63) is 66.1 Å². The summed E-state index contributed by atoms with van der Waals surface area (Å²) in [4.78, 5) is 16.0. The summed E-state index contributed by atoms with van der Waals surface area (Å²) in [6, 6.07) is 12.8. The van der Waals surface area contributed by atoms with Gasteiger partial charge in [0.05, 0.1) is 18.5 Å². The van der Waals surface area contributed by atoms with Crippen LogP contribution in [-0.4, -0.2) is 33.9 Å². The molecule has 3 aromatic rings. The molecular formula is C18H17N5O2. The van der Waals surface area contributed by atoms with E-state index in [2.05, 4.69) is 25.7 Å². The number of hydrazone groups is 1. The third-order valence-corrected chi connectivity index (χ3v) is 3.37. The van der Waals surface area contributed by atoms with Crippen molar-refractivity contribution in [3.8, 4) is 17.0 Å². The van der Waals surface area contributed by atoms with E-state index in [0.29, 0.717) is 18.0 Å². The Hall–Kier alpha value is -3.48. The molecule has 0 unspecified atom stereocenters. The van der Waals surface area contributed by atoms with Crippen molar-refractivity contribution >= 4 is 12.1 Å². The fraction of sp³-hybridized carbons (Fsp3) is 0.111. The SMILES string of the molecule is CCOc1ccc(-c2cc(C(=O)N/N=C\c3ccncc3)[nH]n2)cc1. The summed E-state index contributed by atoms with van der Waals surface area (Å²) in [5.74, 6) is 0.431. The molecule has 0 atom stereocenters. The van der Waals surface area contributed by atoms with Gasteiger partial charge in [0.1, 0.15) is 11.4 Å². The number of aromatic nitrogens is 3. The molecule has 0 spiro atoms. The Balaban J connectivity index is 1.64. The zero-order chi connectivity index (χ0) is 17.5. The normalized spacial score (nSPS) is 10.8. The van der Waals surface area contributed by atoms with Crippen LogP contribution in [0.3, 0.4) is 0 Å². The summed E-state index contributed by atoms with van der Waals surface area (Å²) in [6.45, 7) is 2.55. The van der Waals surface area contributed by atoms with Gasteiger partial charge in [0.15, 0.2) is 0 Å². The standard InChI is InChI=1S/C18H17N5O2/c1-2-25-15-5-3-14(4-6-15)16-11-17(22-21-16)18(24)23-20-12-13-7-9-19-10-8-13/h3-12H,2H2,1H3,(H,21,22)(H,23,24)/b20-12-. The van der Waals surface area contributed by atoms with Gasteiger partial charge in [-0.3, -0.25) is 14.9 Å². The van der Waals surface area contributed by atoms with Crippen molar-refractivity contribution in [1.82, 2.24) is 20.6 Å². The average molecular weight is 335 g/mol. The summed E-state index contributed by atoms with van der Waals surface area (Å²) >= 11 is 0. The van der Waals surface area contributed by atoms with E-state index in [-0.39, 0.29) is 5.91 Å². The second kappa shape index (κ2) is 7.87. The smallest absolute Gasteiger partial charge is 0.289 e. The molecule has 1 aromatic carbocycles. The van der Waals surface area contributed by atoms with E-state index in [9.17, 15) is 4.79 Å². The van der Waals surface area contributed by atoms with Crippen LogP contribution < -0.4 is 10.2 Å². The Bertz CT molecular complexity index is 857. The average Bonchev–Trinajstić information content (AvgIpc) is 3.14. The Kier molecular flexibility index (Phi) is 5.16. The molecule has 2 heterocycles. The minimum atomic E-state index is -0.366. The summed E-state index contributed by atoms with van der Waals surface area (Å²) in [5.41, 5.74) is 5.19. The first kappa shape index (κ1) is 16.4. The number of benzene rings is 1. The van der Waals surface area contributed by atoms with Crippen molar-refractivity contribution in [3.63, 3.8) is 0 Å². The van der Waals surface area contributed by atoms with E-state index in [1.807, 2.05) is 31.2 Å². The number of carbonyl (C=O) groups excluding carboxylic acids is 1. The first-order valence-corrected chi connectivity index (χ1v) is 7.78. The van der Waals surface area contributed by atoms with Crippen LogP contribution in [0, 0.1) is 0 Å². The second-order valence-corrected chi connectivity index (χ2v) is 5.10. The molecule has 1 amide bonds. The number of amides is 1. The molecule has 7 nitrogen and oxygen atoms in total. The fourth-order valence-corrected chi connectivity index (χ4v) is 2.15. The molecule has 7 heteroatoms. The molecule has 25 heavy (non-hydrogen) atoms. The van der Waals surface area contributed by atoms with E-state index >= 15 is 0 Å². The Morgan fingerprint density at radius 1 is 1.24 bits per heavy atom. The molecule has 0 aliphatic rings. The number of ether oxygens (including phenoxy) is 1. The zero-order valence-corrected chi connectivity index (χ0v) is 13.6. The fourth-order valence-electron chi connectivity index (χ4n) is 2.15. The highest BCUT2D eigenvalue weighted by Gasteiger charge is 2.10. The van der Waals surface area contributed by atoms with Crippen LogP contribution >= 0.6 is 0 Å². The van der Waals surface area contributed by atoms with Crippen LogP contribution in [0.4, 0.5) is 0 Å². The van der Waals surface area contributed by atoms with Gasteiger partial charge >= 0.3 is 0 Å². The number of carbonyl (C=O) groups is 1. The van der Waals surface area contributed by atoms with Gasteiger partial charge in [0.2, 0.25) is 0 Å². The maximum atomic E-state index is 12.1. The number of H-pyrrole nitrogens is 1. The highest BCUT2D eigenvalue weighted by atomic mass is 16.5. The maximum absolute atomic E-state index is 12.1. The van der Waals surface area contributed by atoms with Crippen molar-refractivity contribution in [2.24, 2.45) is 5.10 Å². The molecule has 0 radical (unpaired) electrons. The van der Waals surface area contributed by atoms with E-state index < -0.39 is 0 Å². The molecule has 2 aromatic heterocycles. The second-order valence-electron chi connectivity index (χ2n) is 5.10. The van der Waals surface area contributed by atoms with Crippen LogP contribution in [0.15, 0.2) is 60.0 Å². The number of nitrogens with zero attached hydrogens (tertiary/aromatic N) is 3. The van der Waals surface area contributed by atoms with Crippen molar-refractivity contribution in [2.45, 2.75) is 6.92 Å². The highest BCUT2D eigenvalue weighted by molar-refractivity contribution is 5.94. The third kappa shape index (κ3) is 4.29. The zero-order valence-electron chi connectivity index (χ0n) is 13.6. The molecule has 0 fully saturated rings. The van der Waals surface area contributed by atoms with Crippen LogP contribution in [0.5, 0.6) is 5.75 Å². The van der Waals surface area contributed by atoms with Crippen molar-refractivity contribution in [2.75, 3.05) is 6.61 Å². The van der Waals surface area contributed by atoms with Gasteiger partial charge in [-0.1, -0.05) is 0 Å². The van der Waals surface area contributed by atoms with Gasteiger partial charge in [0.25, 0.3) is 5.91 Å². The number of aromatic amines is 1. The highest BCUT2D eigenvalue weighted by Crippen LogP contribution is 2.21. The lowest BCUT2D eigenvalue weighted by molar-refractivity contribution is 0.0950. The number of rotatable bonds is 6. The summed E-state index contributed by atoms with van der Waals surface area (Å²) < 4.78 is 5.41. The van der Waals surface area contributed by atoms with Gasteiger partial charge in [-0.15, -0.1) is 0 Å². The first-order chi connectivity index (χ1) is 12.3. The maximum Gasteiger partial charge on any atom is 0.289 e. The molecule has 0 saturated heterocycles. The van der Waals surface area contributed by atoms with Crippen LogP contribution in [0.2, 0.25) is 0 Å². The first-order valence-electron chi connectivity index (χ1n) is 7.78. The van der Waals surface area contributed by atoms with Gasteiger partial charge in [-0.2, -0.15) is 10.2 Å². The van der Waals surface area contributed by atoms with E-state index in [0.717, 1.165) is 16.9 Å². The quantitative estimate of drug-likeness (QED) is 0.535. The van der Waals surface area contributed by atoms with Gasteiger partial charge in [-0.05, 0) is 55.0 Å². The molecule has 0 aliphatic heterocycles.